The van der Waals surface area contributed by atoms with Gasteiger partial charge in [-0.25, -0.2) is 4.79 Å². The van der Waals surface area contributed by atoms with Crippen LogP contribution in [0, 0.1) is 6.57 Å². The van der Waals surface area contributed by atoms with Crippen LogP contribution >= 0.6 is 0 Å². The lowest BCUT2D eigenvalue weighted by atomic mass is 9.93. The molecule has 1 N–H and O–H groups in total. The minimum absolute atomic E-state index is 0.199. The third-order valence-corrected chi connectivity index (χ3v) is 3.87. The zero-order chi connectivity index (χ0) is 16.9. The highest BCUT2D eigenvalue weighted by Gasteiger charge is 2.14. The fourth-order valence-electron chi connectivity index (χ4n) is 2.67. The Kier molecular flexibility index (Phi) is 4.44. The summed E-state index contributed by atoms with van der Waals surface area (Å²) in [5.41, 5.74) is 4.80. The molecule has 0 aliphatic heterocycles. The number of amides is 1. The van der Waals surface area contributed by atoms with Crippen molar-refractivity contribution in [1.29, 1.82) is 0 Å². The predicted molar refractivity (Wildman–Crippen MR) is 92.9 cm³/mol. The van der Waals surface area contributed by atoms with E-state index >= 15 is 0 Å². The first-order chi connectivity index (χ1) is 11.7. The summed E-state index contributed by atoms with van der Waals surface area (Å²) in [5, 5.41) is 9.73. The highest BCUT2D eigenvalue weighted by Crippen LogP contribution is 2.31. The van der Waals surface area contributed by atoms with Gasteiger partial charge in [0.2, 0.25) is 0 Å². The molecule has 4 nitrogen and oxygen atoms in total. The van der Waals surface area contributed by atoms with Gasteiger partial charge in [-0.2, -0.15) is 0 Å². The van der Waals surface area contributed by atoms with Crippen LogP contribution < -0.4 is 0 Å². The van der Waals surface area contributed by atoms with Gasteiger partial charge in [-0.1, -0.05) is 30.3 Å². The predicted octanol–water partition coefficient (Wildman–Crippen LogP) is 4.74. The van der Waals surface area contributed by atoms with Gasteiger partial charge in [0, 0.05) is 10.4 Å². The van der Waals surface area contributed by atoms with Gasteiger partial charge < -0.3 is 9.52 Å². The quantitative estimate of drug-likeness (QED) is 0.739. The smallest absolute Gasteiger partial charge is 0.508 e. The van der Waals surface area contributed by atoms with Crippen LogP contribution in [0.5, 0.6) is 5.75 Å². The topological polar surface area (TPSA) is 54.8 Å². The van der Waals surface area contributed by atoms with E-state index in [2.05, 4.69) is 4.85 Å². The van der Waals surface area contributed by atoms with Crippen LogP contribution in [0.25, 0.3) is 27.1 Å². The minimum atomic E-state index is -0.342. The molecule has 0 atom stereocenters. The summed E-state index contributed by atoms with van der Waals surface area (Å²) < 4.78 is 5.14. The molecule has 0 saturated heterocycles. The summed E-state index contributed by atoms with van der Waals surface area (Å²) in [6.07, 6.45) is 4.04. The molecule has 0 aliphatic carbocycles. The lowest BCUT2D eigenvalue weighted by molar-refractivity contribution is -0.114. The highest BCUT2D eigenvalue weighted by atomic mass is 16.3. The molecule has 1 aromatic heterocycles. The van der Waals surface area contributed by atoms with Crippen LogP contribution in [0.2, 0.25) is 0 Å². The number of aryl methyl sites for hydroxylation is 1. The zero-order valence-corrected chi connectivity index (χ0v) is 13.0. The fraction of sp³-hybridized carbons (Fsp3) is 0.100. The molecule has 0 fully saturated rings. The summed E-state index contributed by atoms with van der Waals surface area (Å²) in [4.78, 5) is 14.7. The third-order valence-electron chi connectivity index (χ3n) is 3.87. The van der Waals surface area contributed by atoms with Crippen LogP contribution in [0.4, 0.5) is 0 Å². The van der Waals surface area contributed by atoms with Crippen molar-refractivity contribution in [2.45, 2.75) is 12.8 Å². The average Bonchev–Trinajstić information content (AvgIpc) is 3.14. The van der Waals surface area contributed by atoms with E-state index in [1.807, 2.05) is 30.3 Å². The lowest BCUT2D eigenvalue weighted by Crippen LogP contribution is -1.97. The number of furan rings is 1. The summed E-state index contributed by atoms with van der Waals surface area (Å²) >= 11 is 0. The van der Waals surface area contributed by atoms with Gasteiger partial charge in [-0.05, 0) is 46.9 Å². The minimum Gasteiger partial charge on any atom is -0.508 e. The normalized spacial score (nSPS) is 10.3. The Bertz CT molecular complexity index is 905. The molecule has 0 saturated carbocycles. The van der Waals surface area contributed by atoms with Crippen molar-refractivity contribution >= 4 is 5.91 Å². The molecule has 0 spiro atoms. The van der Waals surface area contributed by atoms with Gasteiger partial charge >= 0.3 is 5.91 Å². The average molecular weight is 318 g/mol. The van der Waals surface area contributed by atoms with Crippen LogP contribution in [-0.2, 0) is 11.2 Å². The Hall–Kier alpha value is -3.32. The van der Waals surface area contributed by atoms with Crippen LogP contribution in [0.3, 0.4) is 0 Å². The molecule has 1 heterocycles. The second-order valence-corrected chi connectivity index (χ2v) is 5.46. The molecule has 0 radical (unpaired) electrons. The number of hydrogen-bond acceptors (Lipinski definition) is 3. The van der Waals surface area contributed by atoms with E-state index in [1.54, 1.807) is 30.7 Å². The van der Waals surface area contributed by atoms with Gasteiger partial charge in [-0.3, -0.25) is 0 Å². The Morgan fingerprint density at radius 1 is 1.08 bits per heavy atom. The molecule has 2 aromatic carbocycles. The molecular weight excluding hydrogens is 302 g/mol. The standard InChI is InChI=1S/C20H15NO3/c1-21-20(23)8-6-16-11-14(17-9-10-24-13-17)5-7-19(16)15-3-2-4-18(22)12-15/h1-5,7,9-13H,6,8H2/p+1. The first kappa shape index (κ1) is 15.6. The molecule has 0 aliphatic rings. The van der Waals surface area contributed by atoms with Crippen LogP contribution in [-0.4, -0.2) is 11.0 Å². The number of aromatic hydroxyl groups is 1. The van der Waals surface area contributed by atoms with E-state index in [9.17, 15) is 9.90 Å². The summed E-state index contributed by atoms with van der Waals surface area (Å²) in [6, 6.07) is 14.9. The monoisotopic (exact) mass is 318 g/mol. The van der Waals surface area contributed by atoms with E-state index in [4.69, 9.17) is 11.0 Å². The van der Waals surface area contributed by atoms with Gasteiger partial charge in [0.1, 0.15) is 5.75 Å². The largest absolute Gasteiger partial charge is 0.514 e. The number of carbonyl (C=O) groups is 1. The van der Waals surface area contributed by atoms with Gasteiger partial charge in [0.25, 0.3) is 6.57 Å². The second kappa shape index (κ2) is 6.84. The molecule has 3 aromatic rings. The number of hydrogen-bond donors (Lipinski definition) is 1. The second-order valence-electron chi connectivity index (χ2n) is 5.46. The molecule has 3 rings (SSSR count). The van der Waals surface area contributed by atoms with Crippen molar-refractivity contribution in [1.82, 2.24) is 0 Å². The molecule has 1 amide bonds. The van der Waals surface area contributed by atoms with Crippen molar-refractivity contribution in [3.63, 3.8) is 0 Å². The first-order valence-electron chi connectivity index (χ1n) is 7.56. The highest BCUT2D eigenvalue weighted by molar-refractivity contribution is 5.86. The zero-order valence-electron chi connectivity index (χ0n) is 13.0. The molecule has 0 unspecified atom stereocenters. The Morgan fingerprint density at radius 3 is 2.67 bits per heavy atom. The van der Waals surface area contributed by atoms with E-state index in [0.717, 1.165) is 27.8 Å². The Labute approximate surface area is 139 Å². The maximum atomic E-state index is 11.5. The maximum absolute atomic E-state index is 11.5. The van der Waals surface area contributed by atoms with Crippen molar-refractivity contribution < 1.29 is 14.3 Å². The molecule has 118 valence electrons. The van der Waals surface area contributed by atoms with Crippen molar-refractivity contribution in [2.75, 3.05) is 0 Å². The molecule has 0 bridgehead atoms. The van der Waals surface area contributed by atoms with E-state index in [1.165, 1.54) is 0 Å². The van der Waals surface area contributed by atoms with E-state index in [0.29, 0.717) is 6.42 Å². The van der Waals surface area contributed by atoms with Gasteiger partial charge in [0.05, 0.1) is 18.9 Å². The summed E-state index contributed by atoms with van der Waals surface area (Å²) in [5.74, 6) is -0.143. The van der Waals surface area contributed by atoms with Crippen LogP contribution in [0.1, 0.15) is 12.0 Å². The first-order valence-corrected chi connectivity index (χ1v) is 7.56. The number of benzene rings is 2. The summed E-state index contributed by atoms with van der Waals surface area (Å²) in [7, 11) is 0. The van der Waals surface area contributed by atoms with Gasteiger partial charge in [-0.15, -0.1) is 0 Å². The van der Waals surface area contributed by atoms with Crippen molar-refractivity contribution in [2.24, 2.45) is 0 Å². The SMILES string of the molecule is C#[N+]C(=O)CCc1cc(-c2ccoc2)ccc1-c1cccc(O)c1. The number of phenols is 1. The molecule has 4 heteroatoms. The van der Waals surface area contributed by atoms with E-state index < -0.39 is 0 Å². The maximum Gasteiger partial charge on any atom is 0.514 e. The fourth-order valence-corrected chi connectivity index (χ4v) is 2.67. The lowest BCUT2D eigenvalue weighted by Gasteiger charge is -2.11. The van der Waals surface area contributed by atoms with Crippen LogP contribution in [0.15, 0.2) is 65.5 Å². The molecular formula is C20H16NO3+. The van der Waals surface area contributed by atoms with Crippen molar-refractivity contribution in [3.8, 4) is 34.6 Å². The number of carbonyl (C=O) groups excluding carboxylic acids is 1. The summed E-state index contributed by atoms with van der Waals surface area (Å²) in [6.45, 7) is 5.04. The molecule has 24 heavy (non-hydrogen) atoms. The number of phenolic OH excluding ortho intramolecular Hbond substituents is 1. The Morgan fingerprint density at radius 2 is 1.96 bits per heavy atom. The van der Waals surface area contributed by atoms with Gasteiger partial charge in [0.15, 0.2) is 0 Å². The van der Waals surface area contributed by atoms with Crippen molar-refractivity contribution in [3.05, 3.63) is 71.5 Å². The number of nitrogens with zero attached hydrogens (tertiary/aromatic N) is 1. The third kappa shape index (κ3) is 3.36. The Balaban J connectivity index is 2.03. The number of rotatable bonds is 5. The van der Waals surface area contributed by atoms with E-state index in [-0.39, 0.29) is 18.1 Å².